The number of carbonyl (C=O) groups excluding carboxylic acids is 1. The van der Waals surface area contributed by atoms with Crippen molar-refractivity contribution < 1.29 is 19.0 Å². The van der Waals surface area contributed by atoms with Crippen molar-refractivity contribution in [2.75, 3.05) is 26.8 Å². The maximum atomic E-state index is 12.3. The van der Waals surface area contributed by atoms with E-state index in [9.17, 15) is 4.79 Å². The van der Waals surface area contributed by atoms with Gasteiger partial charge < -0.3 is 19.1 Å². The van der Waals surface area contributed by atoms with E-state index in [1.54, 1.807) is 11.9 Å². The molecule has 5 nitrogen and oxygen atoms in total. The van der Waals surface area contributed by atoms with E-state index in [2.05, 4.69) is 0 Å². The summed E-state index contributed by atoms with van der Waals surface area (Å²) in [7, 11) is 1.75. The van der Waals surface area contributed by atoms with Gasteiger partial charge in [-0.1, -0.05) is 30.3 Å². The molecule has 0 saturated carbocycles. The molecule has 1 amide bonds. The minimum absolute atomic E-state index is 0.0257. The van der Waals surface area contributed by atoms with E-state index in [-0.39, 0.29) is 18.1 Å². The first-order chi connectivity index (χ1) is 12.4. The molecule has 1 heterocycles. The molecule has 26 heavy (non-hydrogen) atoms. The number of benzene rings is 2. The van der Waals surface area contributed by atoms with E-state index < -0.39 is 0 Å². The van der Waals surface area contributed by atoms with Crippen LogP contribution in [-0.2, 0) is 11.2 Å². The van der Waals surface area contributed by atoms with Crippen LogP contribution in [0.3, 0.4) is 0 Å². The van der Waals surface area contributed by atoms with Crippen LogP contribution in [0.15, 0.2) is 48.5 Å². The van der Waals surface area contributed by atoms with Gasteiger partial charge in [0.2, 0.25) is 0 Å². The van der Waals surface area contributed by atoms with Crippen LogP contribution in [0.2, 0.25) is 0 Å². The Morgan fingerprint density at radius 2 is 1.88 bits per heavy atom. The first-order valence-electron chi connectivity index (χ1n) is 8.80. The normalized spacial score (nSPS) is 14.3. The summed E-state index contributed by atoms with van der Waals surface area (Å²) in [6.07, 6.45) is 0.838. The Morgan fingerprint density at radius 1 is 1.12 bits per heavy atom. The SMILES string of the molecule is CN(CCOc1ccccc1)C(=O)COc1cccc2c1OC(C)(C)C2. The van der Waals surface area contributed by atoms with Crippen molar-refractivity contribution in [1.82, 2.24) is 4.90 Å². The third-order valence-electron chi connectivity index (χ3n) is 4.27. The highest BCUT2D eigenvalue weighted by Gasteiger charge is 2.32. The molecule has 5 heteroatoms. The van der Waals surface area contributed by atoms with Crippen LogP contribution in [0.25, 0.3) is 0 Å². The summed E-state index contributed by atoms with van der Waals surface area (Å²) in [5, 5.41) is 0. The fourth-order valence-electron chi connectivity index (χ4n) is 2.89. The molecule has 0 spiro atoms. The molecule has 1 aliphatic rings. The number of rotatable bonds is 7. The smallest absolute Gasteiger partial charge is 0.260 e. The van der Waals surface area contributed by atoms with Crippen LogP contribution in [0.1, 0.15) is 19.4 Å². The first-order valence-corrected chi connectivity index (χ1v) is 8.80. The minimum Gasteiger partial charge on any atom is -0.492 e. The quantitative estimate of drug-likeness (QED) is 0.764. The second-order valence-corrected chi connectivity index (χ2v) is 7.05. The van der Waals surface area contributed by atoms with Gasteiger partial charge in [-0.25, -0.2) is 0 Å². The van der Waals surface area contributed by atoms with Crippen LogP contribution in [0.5, 0.6) is 17.2 Å². The van der Waals surface area contributed by atoms with Crippen molar-refractivity contribution in [3.63, 3.8) is 0 Å². The summed E-state index contributed by atoms with van der Waals surface area (Å²) in [6.45, 7) is 4.99. The van der Waals surface area contributed by atoms with E-state index in [0.29, 0.717) is 18.9 Å². The van der Waals surface area contributed by atoms with Gasteiger partial charge in [0.15, 0.2) is 18.1 Å². The van der Waals surface area contributed by atoms with Crippen LogP contribution in [-0.4, -0.2) is 43.2 Å². The van der Waals surface area contributed by atoms with Gasteiger partial charge in [0.25, 0.3) is 5.91 Å². The minimum atomic E-state index is -0.239. The van der Waals surface area contributed by atoms with E-state index in [0.717, 1.165) is 23.5 Å². The Labute approximate surface area is 154 Å². The van der Waals surface area contributed by atoms with Gasteiger partial charge in [-0.2, -0.15) is 0 Å². The molecule has 0 saturated heterocycles. The second kappa shape index (κ2) is 7.68. The van der Waals surface area contributed by atoms with Crippen LogP contribution in [0, 0.1) is 0 Å². The van der Waals surface area contributed by atoms with E-state index in [4.69, 9.17) is 14.2 Å². The molecule has 0 N–H and O–H groups in total. The molecule has 138 valence electrons. The number of hydrogen-bond acceptors (Lipinski definition) is 4. The zero-order chi connectivity index (χ0) is 18.6. The Hall–Kier alpha value is -2.69. The average molecular weight is 355 g/mol. The van der Waals surface area contributed by atoms with Gasteiger partial charge in [0.1, 0.15) is 18.0 Å². The molecule has 2 aromatic carbocycles. The number of nitrogens with zero attached hydrogens (tertiary/aromatic N) is 1. The molecule has 0 atom stereocenters. The van der Waals surface area contributed by atoms with E-state index >= 15 is 0 Å². The Bertz CT molecular complexity index is 758. The lowest BCUT2D eigenvalue weighted by Gasteiger charge is -2.20. The van der Waals surface area contributed by atoms with Crippen LogP contribution in [0.4, 0.5) is 0 Å². The Kier molecular flexibility index (Phi) is 5.35. The highest BCUT2D eigenvalue weighted by Crippen LogP contribution is 2.41. The lowest BCUT2D eigenvalue weighted by atomic mass is 10.0. The second-order valence-electron chi connectivity index (χ2n) is 7.05. The van der Waals surface area contributed by atoms with E-state index in [1.807, 2.05) is 62.4 Å². The third-order valence-corrected chi connectivity index (χ3v) is 4.27. The topological polar surface area (TPSA) is 48.0 Å². The summed E-state index contributed by atoms with van der Waals surface area (Å²) in [5.74, 6) is 2.07. The molecule has 1 aliphatic heterocycles. The van der Waals surface area contributed by atoms with Gasteiger partial charge in [-0.3, -0.25) is 4.79 Å². The van der Waals surface area contributed by atoms with Gasteiger partial charge in [0, 0.05) is 19.0 Å². The number of amides is 1. The molecular formula is C21H25NO4. The summed E-state index contributed by atoms with van der Waals surface area (Å²) >= 11 is 0. The van der Waals surface area contributed by atoms with Crippen molar-refractivity contribution in [2.24, 2.45) is 0 Å². The highest BCUT2D eigenvalue weighted by molar-refractivity contribution is 5.77. The maximum Gasteiger partial charge on any atom is 0.260 e. The number of para-hydroxylation sites is 2. The average Bonchev–Trinajstić information content (AvgIpc) is 2.94. The fourth-order valence-corrected chi connectivity index (χ4v) is 2.89. The predicted molar refractivity (Wildman–Crippen MR) is 99.9 cm³/mol. The van der Waals surface area contributed by atoms with Gasteiger partial charge in [-0.05, 0) is 32.0 Å². The van der Waals surface area contributed by atoms with Crippen molar-refractivity contribution in [3.05, 3.63) is 54.1 Å². The number of likely N-dealkylation sites (N-methyl/N-ethyl adjacent to an activating group) is 1. The third kappa shape index (κ3) is 4.48. The molecule has 0 unspecified atom stereocenters. The number of ether oxygens (including phenoxy) is 3. The van der Waals surface area contributed by atoms with E-state index in [1.165, 1.54) is 0 Å². The molecule has 0 radical (unpaired) electrons. The van der Waals surface area contributed by atoms with Crippen LogP contribution < -0.4 is 14.2 Å². The fraction of sp³-hybridized carbons (Fsp3) is 0.381. The molecule has 0 bridgehead atoms. The lowest BCUT2D eigenvalue weighted by Crippen LogP contribution is -2.34. The Morgan fingerprint density at radius 3 is 2.65 bits per heavy atom. The van der Waals surface area contributed by atoms with Crippen molar-refractivity contribution in [3.8, 4) is 17.2 Å². The first kappa shape index (κ1) is 18.1. The monoisotopic (exact) mass is 355 g/mol. The molecule has 0 aliphatic carbocycles. The largest absolute Gasteiger partial charge is 0.492 e. The number of hydrogen-bond donors (Lipinski definition) is 0. The van der Waals surface area contributed by atoms with Gasteiger partial charge >= 0.3 is 0 Å². The zero-order valence-electron chi connectivity index (χ0n) is 15.5. The van der Waals surface area contributed by atoms with Crippen molar-refractivity contribution in [1.29, 1.82) is 0 Å². The zero-order valence-corrected chi connectivity index (χ0v) is 15.5. The summed E-state index contributed by atoms with van der Waals surface area (Å²) in [4.78, 5) is 13.9. The van der Waals surface area contributed by atoms with Crippen molar-refractivity contribution >= 4 is 5.91 Å². The van der Waals surface area contributed by atoms with Gasteiger partial charge in [-0.15, -0.1) is 0 Å². The maximum absolute atomic E-state index is 12.3. The molecule has 0 fully saturated rings. The molecule has 0 aromatic heterocycles. The standard InChI is InChI=1S/C21H25NO4/c1-21(2)14-16-8-7-11-18(20(16)26-21)25-15-19(23)22(3)12-13-24-17-9-5-4-6-10-17/h4-11H,12-15H2,1-3H3. The summed E-state index contributed by atoms with van der Waals surface area (Å²) in [6, 6.07) is 15.4. The molecule has 2 aromatic rings. The molecule has 3 rings (SSSR count). The molecular weight excluding hydrogens is 330 g/mol. The lowest BCUT2D eigenvalue weighted by molar-refractivity contribution is -0.132. The van der Waals surface area contributed by atoms with Crippen LogP contribution >= 0.6 is 0 Å². The number of carbonyl (C=O) groups is 1. The predicted octanol–water partition coefficient (Wildman–Crippen LogP) is 3.32. The highest BCUT2D eigenvalue weighted by atomic mass is 16.5. The summed E-state index contributed by atoms with van der Waals surface area (Å²) in [5.41, 5.74) is 0.877. The summed E-state index contributed by atoms with van der Waals surface area (Å²) < 4.78 is 17.3. The Balaban J connectivity index is 1.48. The van der Waals surface area contributed by atoms with Gasteiger partial charge in [0.05, 0.1) is 6.54 Å². The van der Waals surface area contributed by atoms with Crippen molar-refractivity contribution in [2.45, 2.75) is 25.9 Å². The number of fused-ring (bicyclic) bond motifs is 1.